The Balaban J connectivity index is 1.97. The highest BCUT2D eigenvalue weighted by Gasteiger charge is 2.42. The van der Waals surface area contributed by atoms with Gasteiger partial charge in [0, 0.05) is 6.54 Å². The molecule has 4 heteroatoms. The molecule has 1 heterocycles. The SMILES string of the molecule is CN1CCCC(NCC2CC2)(C(=O)O)C1. The molecule has 1 aliphatic carbocycles. The average molecular weight is 212 g/mol. The van der Waals surface area contributed by atoms with Crippen molar-refractivity contribution in [3.8, 4) is 0 Å². The van der Waals surface area contributed by atoms with Gasteiger partial charge >= 0.3 is 5.97 Å². The molecule has 0 amide bonds. The molecule has 0 spiro atoms. The third-order valence-corrected chi connectivity index (χ3v) is 3.52. The molecule has 2 N–H and O–H groups in total. The lowest BCUT2D eigenvalue weighted by atomic mass is 9.89. The Kier molecular flexibility index (Phi) is 2.98. The van der Waals surface area contributed by atoms with Crippen LogP contribution in [0.5, 0.6) is 0 Å². The van der Waals surface area contributed by atoms with E-state index in [9.17, 15) is 9.90 Å². The number of nitrogens with one attached hydrogen (secondary N) is 1. The maximum Gasteiger partial charge on any atom is 0.325 e. The summed E-state index contributed by atoms with van der Waals surface area (Å²) < 4.78 is 0. The molecule has 0 aromatic rings. The Bertz CT molecular complexity index is 253. The van der Waals surface area contributed by atoms with Crippen LogP contribution < -0.4 is 5.32 Å². The zero-order chi connectivity index (χ0) is 10.9. The lowest BCUT2D eigenvalue weighted by molar-refractivity contribution is -0.147. The largest absolute Gasteiger partial charge is 0.480 e. The Labute approximate surface area is 90.6 Å². The molecule has 1 saturated carbocycles. The van der Waals surface area contributed by atoms with Gasteiger partial charge in [-0.2, -0.15) is 0 Å². The van der Waals surface area contributed by atoms with Crippen LogP contribution in [0.3, 0.4) is 0 Å². The van der Waals surface area contributed by atoms with Crippen molar-refractivity contribution in [3.05, 3.63) is 0 Å². The van der Waals surface area contributed by atoms with Gasteiger partial charge < -0.3 is 15.3 Å². The Morgan fingerprint density at radius 1 is 1.60 bits per heavy atom. The first-order valence-electron chi connectivity index (χ1n) is 5.79. The first-order chi connectivity index (χ1) is 7.12. The Morgan fingerprint density at radius 3 is 2.87 bits per heavy atom. The number of hydrogen-bond donors (Lipinski definition) is 2. The summed E-state index contributed by atoms with van der Waals surface area (Å²) in [6.07, 6.45) is 4.26. The van der Waals surface area contributed by atoms with Crippen molar-refractivity contribution in [2.24, 2.45) is 5.92 Å². The lowest BCUT2D eigenvalue weighted by Crippen LogP contribution is -2.61. The summed E-state index contributed by atoms with van der Waals surface area (Å²) in [4.78, 5) is 13.5. The van der Waals surface area contributed by atoms with Gasteiger partial charge in [0.05, 0.1) is 0 Å². The van der Waals surface area contributed by atoms with Crippen molar-refractivity contribution in [1.82, 2.24) is 10.2 Å². The van der Waals surface area contributed by atoms with E-state index >= 15 is 0 Å². The van der Waals surface area contributed by atoms with Crippen molar-refractivity contribution in [3.63, 3.8) is 0 Å². The molecule has 0 aromatic carbocycles. The number of rotatable bonds is 4. The second-order valence-electron chi connectivity index (χ2n) is 5.05. The van der Waals surface area contributed by atoms with E-state index in [4.69, 9.17) is 0 Å². The van der Waals surface area contributed by atoms with Crippen molar-refractivity contribution < 1.29 is 9.90 Å². The van der Waals surface area contributed by atoms with Crippen molar-refractivity contribution in [1.29, 1.82) is 0 Å². The fraction of sp³-hybridized carbons (Fsp3) is 0.909. The summed E-state index contributed by atoms with van der Waals surface area (Å²) in [5.41, 5.74) is -0.685. The topological polar surface area (TPSA) is 52.6 Å². The third-order valence-electron chi connectivity index (χ3n) is 3.52. The molecular formula is C11H20N2O2. The van der Waals surface area contributed by atoms with Crippen LogP contribution >= 0.6 is 0 Å². The number of likely N-dealkylation sites (tertiary alicyclic amines) is 1. The van der Waals surface area contributed by atoms with E-state index in [1.807, 2.05) is 7.05 Å². The minimum atomic E-state index is -0.685. The number of piperidine rings is 1. The number of likely N-dealkylation sites (N-methyl/N-ethyl adjacent to an activating group) is 1. The molecule has 1 atom stereocenters. The summed E-state index contributed by atoms with van der Waals surface area (Å²) in [5.74, 6) is 0.0446. The number of hydrogen-bond acceptors (Lipinski definition) is 3. The van der Waals surface area contributed by atoms with Crippen molar-refractivity contribution in [2.75, 3.05) is 26.7 Å². The van der Waals surface area contributed by atoms with E-state index in [-0.39, 0.29) is 0 Å². The fourth-order valence-corrected chi connectivity index (χ4v) is 2.33. The normalized spacial score (nSPS) is 32.9. The first kappa shape index (κ1) is 10.9. The second-order valence-corrected chi connectivity index (χ2v) is 5.05. The number of carboxylic acids is 1. The first-order valence-corrected chi connectivity index (χ1v) is 5.79. The van der Waals surface area contributed by atoms with Gasteiger partial charge in [-0.05, 0) is 51.7 Å². The summed E-state index contributed by atoms with van der Waals surface area (Å²) in [6.45, 7) is 2.52. The van der Waals surface area contributed by atoms with Crippen LogP contribution in [-0.4, -0.2) is 48.2 Å². The molecule has 15 heavy (non-hydrogen) atoms. The molecule has 4 nitrogen and oxygen atoms in total. The predicted molar refractivity (Wildman–Crippen MR) is 57.8 cm³/mol. The Hall–Kier alpha value is -0.610. The van der Waals surface area contributed by atoms with E-state index in [1.54, 1.807) is 0 Å². The smallest absolute Gasteiger partial charge is 0.325 e. The molecule has 2 fully saturated rings. The van der Waals surface area contributed by atoms with Crippen LogP contribution in [-0.2, 0) is 4.79 Å². The molecule has 2 aliphatic rings. The van der Waals surface area contributed by atoms with Crippen molar-refractivity contribution >= 4 is 5.97 Å². The van der Waals surface area contributed by atoms with Gasteiger partial charge in [0.25, 0.3) is 0 Å². The maximum absolute atomic E-state index is 11.4. The van der Waals surface area contributed by atoms with E-state index in [0.717, 1.165) is 31.8 Å². The molecule has 86 valence electrons. The number of carboxylic acid groups (broad SMARTS) is 1. The molecule has 0 radical (unpaired) electrons. The monoisotopic (exact) mass is 212 g/mol. The van der Waals surface area contributed by atoms with E-state index in [0.29, 0.717) is 6.54 Å². The average Bonchev–Trinajstić information content (AvgIpc) is 2.98. The van der Waals surface area contributed by atoms with E-state index < -0.39 is 11.5 Å². The summed E-state index contributed by atoms with van der Waals surface area (Å²) >= 11 is 0. The lowest BCUT2D eigenvalue weighted by Gasteiger charge is -2.39. The third kappa shape index (κ3) is 2.49. The molecule has 1 unspecified atom stereocenters. The van der Waals surface area contributed by atoms with Gasteiger partial charge in [-0.1, -0.05) is 0 Å². The van der Waals surface area contributed by atoms with Crippen LogP contribution in [0, 0.1) is 5.92 Å². The second kappa shape index (κ2) is 4.10. The molecule has 0 aromatic heterocycles. The van der Waals surface area contributed by atoms with Gasteiger partial charge in [-0.15, -0.1) is 0 Å². The van der Waals surface area contributed by atoms with Gasteiger partial charge in [0.2, 0.25) is 0 Å². The molecule has 0 bridgehead atoms. The summed E-state index contributed by atoms with van der Waals surface area (Å²) in [5, 5.41) is 12.6. The van der Waals surface area contributed by atoms with E-state index in [2.05, 4.69) is 10.2 Å². The highest BCUT2D eigenvalue weighted by Crippen LogP contribution is 2.29. The van der Waals surface area contributed by atoms with Gasteiger partial charge in [0.15, 0.2) is 0 Å². The zero-order valence-corrected chi connectivity index (χ0v) is 9.33. The highest BCUT2D eigenvalue weighted by molar-refractivity contribution is 5.79. The van der Waals surface area contributed by atoms with Crippen molar-refractivity contribution in [2.45, 2.75) is 31.2 Å². The van der Waals surface area contributed by atoms with Gasteiger partial charge in [-0.3, -0.25) is 4.79 Å². The number of nitrogens with zero attached hydrogens (tertiary/aromatic N) is 1. The summed E-state index contributed by atoms with van der Waals surface area (Å²) in [6, 6.07) is 0. The quantitative estimate of drug-likeness (QED) is 0.714. The maximum atomic E-state index is 11.4. The minimum Gasteiger partial charge on any atom is -0.480 e. The summed E-state index contributed by atoms with van der Waals surface area (Å²) in [7, 11) is 2.00. The minimum absolute atomic E-state index is 0.634. The van der Waals surface area contributed by atoms with Crippen LogP contribution in [0.4, 0.5) is 0 Å². The number of aliphatic carboxylic acids is 1. The highest BCUT2D eigenvalue weighted by atomic mass is 16.4. The fourth-order valence-electron chi connectivity index (χ4n) is 2.33. The number of carbonyl (C=O) groups is 1. The van der Waals surface area contributed by atoms with Gasteiger partial charge in [0.1, 0.15) is 5.54 Å². The molecular weight excluding hydrogens is 192 g/mol. The van der Waals surface area contributed by atoms with Crippen LogP contribution in [0.25, 0.3) is 0 Å². The van der Waals surface area contributed by atoms with Gasteiger partial charge in [-0.25, -0.2) is 0 Å². The zero-order valence-electron chi connectivity index (χ0n) is 9.33. The van der Waals surface area contributed by atoms with E-state index in [1.165, 1.54) is 12.8 Å². The molecule has 1 aliphatic heterocycles. The van der Waals surface area contributed by atoms with Crippen LogP contribution in [0.15, 0.2) is 0 Å². The standard InChI is InChI=1S/C11H20N2O2/c1-13-6-2-5-11(8-13,10(14)15)12-7-9-3-4-9/h9,12H,2-8H2,1H3,(H,14,15). The molecule has 2 rings (SSSR count). The predicted octanol–water partition coefficient (Wildman–Crippen LogP) is 0.535. The molecule has 1 saturated heterocycles. The Morgan fingerprint density at radius 2 is 2.33 bits per heavy atom. The van der Waals surface area contributed by atoms with Crippen LogP contribution in [0.1, 0.15) is 25.7 Å². The van der Waals surface area contributed by atoms with Crippen LogP contribution in [0.2, 0.25) is 0 Å².